The zero-order chi connectivity index (χ0) is 11.5. The number of hydrogen-bond acceptors (Lipinski definition) is 2. The number of hydrogen-bond donors (Lipinski definition) is 0. The summed E-state index contributed by atoms with van der Waals surface area (Å²) in [5, 5.41) is 0. The topological polar surface area (TPSA) is 34.9 Å². The van der Waals surface area contributed by atoms with Crippen LogP contribution in [0.15, 0.2) is 12.4 Å². The van der Waals surface area contributed by atoms with Crippen LogP contribution in [-0.2, 0) is 7.05 Å². The van der Waals surface area contributed by atoms with Crippen LogP contribution >= 0.6 is 0 Å². The molecule has 0 N–H and O–H groups in total. The number of rotatable bonds is 2. The molecule has 80 valence electrons. The molecule has 1 aromatic rings. The molecule has 0 saturated heterocycles. The van der Waals surface area contributed by atoms with Crippen LogP contribution < -0.4 is 0 Å². The highest BCUT2D eigenvalue weighted by Gasteiger charge is 2.09. The van der Waals surface area contributed by atoms with E-state index in [9.17, 15) is 4.79 Å². The molecule has 0 fully saturated rings. The minimum atomic E-state index is -0.0537. The van der Waals surface area contributed by atoms with Gasteiger partial charge >= 0.3 is 0 Å². The maximum Gasteiger partial charge on any atom is 0.210 e. The summed E-state index contributed by atoms with van der Waals surface area (Å²) in [6.45, 7) is 6.06. The normalized spacial score (nSPS) is 10.7. The quantitative estimate of drug-likeness (QED) is 0.546. The van der Waals surface area contributed by atoms with E-state index in [4.69, 9.17) is 0 Å². The average Bonchev–Trinajstić information content (AvgIpc) is 2.48. The second-order valence-corrected chi connectivity index (χ2v) is 4.51. The van der Waals surface area contributed by atoms with Gasteiger partial charge in [-0.2, -0.15) is 0 Å². The third-order valence-electron chi connectivity index (χ3n) is 1.78. The van der Waals surface area contributed by atoms with E-state index in [0.717, 1.165) is 0 Å². The molecule has 0 atom stereocenters. The van der Waals surface area contributed by atoms with E-state index < -0.39 is 0 Å². The van der Waals surface area contributed by atoms with E-state index >= 15 is 0 Å². The van der Waals surface area contributed by atoms with Gasteiger partial charge in [0.1, 0.15) is 0 Å². The fourth-order valence-electron chi connectivity index (χ4n) is 1.10. The average molecular weight is 204 g/mol. The molecule has 0 aliphatic carbocycles. The summed E-state index contributed by atoms with van der Waals surface area (Å²) < 4.78 is 1.71. The van der Waals surface area contributed by atoms with Gasteiger partial charge in [-0.05, 0) is 20.8 Å². The molecular weight excluding hydrogens is 188 g/mol. The molecule has 0 amide bonds. The summed E-state index contributed by atoms with van der Waals surface area (Å²) in [5.41, 5.74) is -0.0537. The van der Waals surface area contributed by atoms with E-state index in [2.05, 4.69) is 16.8 Å². The van der Waals surface area contributed by atoms with Gasteiger partial charge in [0.2, 0.25) is 5.78 Å². The molecule has 15 heavy (non-hydrogen) atoms. The van der Waals surface area contributed by atoms with Crippen LogP contribution in [0.3, 0.4) is 0 Å². The molecule has 1 rings (SSSR count). The number of ketones is 1. The Morgan fingerprint density at radius 3 is 2.67 bits per heavy atom. The highest BCUT2D eigenvalue weighted by atomic mass is 16.1. The molecule has 0 spiro atoms. The molecule has 1 heterocycles. The van der Waals surface area contributed by atoms with E-state index in [-0.39, 0.29) is 17.6 Å². The number of imidazole rings is 1. The third kappa shape index (κ3) is 3.59. The van der Waals surface area contributed by atoms with Crippen molar-refractivity contribution >= 4 is 5.78 Å². The molecule has 3 nitrogen and oxygen atoms in total. The molecule has 0 aromatic carbocycles. The van der Waals surface area contributed by atoms with Gasteiger partial charge in [0, 0.05) is 24.9 Å². The molecule has 0 aliphatic heterocycles. The van der Waals surface area contributed by atoms with Crippen LogP contribution in [-0.4, -0.2) is 15.3 Å². The third-order valence-corrected chi connectivity index (χ3v) is 1.78. The Morgan fingerprint density at radius 2 is 2.20 bits per heavy atom. The highest BCUT2D eigenvalue weighted by molar-refractivity contribution is 5.94. The molecule has 0 bridgehead atoms. The number of aryl methyl sites for hydroxylation is 1. The Hall–Kier alpha value is -1.56. The molecule has 3 heteroatoms. The SMILES string of the molecule is Cn1ccnc1C(=O)CC#CC(C)(C)C. The lowest BCUT2D eigenvalue weighted by atomic mass is 9.98. The van der Waals surface area contributed by atoms with Gasteiger partial charge in [0.15, 0.2) is 5.82 Å². The maximum absolute atomic E-state index is 11.6. The molecule has 0 saturated carbocycles. The zero-order valence-corrected chi connectivity index (χ0v) is 9.66. The van der Waals surface area contributed by atoms with Gasteiger partial charge in [0.25, 0.3) is 0 Å². The molecular formula is C12H16N2O. The van der Waals surface area contributed by atoms with E-state index in [1.807, 2.05) is 20.8 Å². The van der Waals surface area contributed by atoms with Crippen LogP contribution in [0, 0.1) is 17.3 Å². The van der Waals surface area contributed by atoms with Crippen molar-refractivity contribution in [1.82, 2.24) is 9.55 Å². The zero-order valence-electron chi connectivity index (χ0n) is 9.66. The minimum absolute atomic E-state index is 0.0285. The highest BCUT2D eigenvalue weighted by Crippen LogP contribution is 2.10. The summed E-state index contributed by atoms with van der Waals surface area (Å²) in [5.74, 6) is 6.36. The number of carbonyl (C=O) groups excluding carboxylic acids is 1. The second kappa shape index (κ2) is 4.31. The maximum atomic E-state index is 11.6. The second-order valence-electron chi connectivity index (χ2n) is 4.51. The first-order valence-corrected chi connectivity index (χ1v) is 4.91. The Kier molecular flexibility index (Phi) is 3.31. The van der Waals surface area contributed by atoms with Crippen molar-refractivity contribution in [1.29, 1.82) is 0 Å². The summed E-state index contributed by atoms with van der Waals surface area (Å²) in [4.78, 5) is 15.6. The molecule has 1 aromatic heterocycles. The first-order valence-electron chi connectivity index (χ1n) is 4.91. The predicted molar refractivity (Wildman–Crippen MR) is 59.4 cm³/mol. The fraction of sp³-hybridized carbons (Fsp3) is 0.500. The van der Waals surface area contributed by atoms with Crippen molar-refractivity contribution in [2.24, 2.45) is 12.5 Å². The van der Waals surface area contributed by atoms with Crippen molar-refractivity contribution in [2.75, 3.05) is 0 Å². The minimum Gasteiger partial charge on any atom is -0.332 e. The first kappa shape index (κ1) is 11.5. The summed E-state index contributed by atoms with van der Waals surface area (Å²) >= 11 is 0. The Bertz CT molecular complexity index is 413. The molecule has 0 radical (unpaired) electrons. The summed E-state index contributed by atoms with van der Waals surface area (Å²) in [6, 6.07) is 0. The van der Waals surface area contributed by atoms with Crippen LogP contribution in [0.25, 0.3) is 0 Å². The van der Waals surface area contributed by atoms with E-state index in [1.165, 1.54) is 0 Å². The van der Waals surface area contributed by atoms with Gasteiger partial charge in [-0.3, -0.25) is 4.79 Å². The van der Waals surface area contributed by atoms with Crippen LogP contribution in [0.1, 0.15) is 37.8 Å². The first-order chi connectivity index (χ1) is 6.90. The number of nitrogens with zero attached hydrogens (tertiary/aromatic N) is 2. The van der Waals surface area contributed by atoms with E-state index in [1.54, 1.807) is 24.0 Å². The van der Waals surface area contributed by atoms with Gasteiger partial charge in [-0.1, -0.05) is 11.8 Å². The Balaban J connectivity index is 2.65. The van der Waals surface area contributed by atoms with Crippen molar-refractivity contribution in [3.63, 3.8) is 0 Å². The van der Waals surface area contributed by atoms with Crippen molar-refractivity contribution in [3.8, 4) is 11.8 Å². The smallest absolute Gasteiger partial charge is 0.210 e. The van der Waals surface area contributed by atoms with Gasteiger partial charge in [-0.15, -0.1) is 0 Å². The lowest BCUT2D eigenvalue weighted by molar-refractivity contribution is 0.0985. The number of carbonyl (C=O) groups is 1. The lowest BCUT2D eigenvalue weighted by Crippen LogP contribution is -2.06. The Morgan fingerprint density at radius 1 is 1.53 bits per heavy atom. The Labute approximate surface area is 90.5 Å². The monoisotopic (exact) mass is 204 g/mol. The van der Waals surface area contributed by atoms with E-state index in [0.29, 0.717) is 5.82 Å². The van der Waals surface area contributed by atoms with Crippen molar-refractivity contribution in [2.45, 2.75) is 27.2 Å². The summed E-state index contributed by atoms with van der Waals surface area (Å²) in [6.07, 6.45) is 3.61. The summed E-state index contributed by atoms with van der Waals surface area (Å²) in [7, 11) is 1.80. The van der Waals surface area contributed by atoms with Gasteiger partial charge < -0.3 is 4.57 Å². The van der Waals surface area contributed by atoms with Gasteiger partial charge in [0.05, 0.1) is 6.42 Å². The van der Waals surface area contributed by atoms with Gasteiger partial charge in [-0.25, -0.2) is 4.98 Å². The lowest BCUT2D eigenvalue weighted by Gasteiger charge is -2.06. The molecule has 0 unspecified atom stereocenters. The number of Topliss-reactive ketones (excluding diaryl/α,β-unsaturated/α-hetero) is 1. The number of aromatic nitrogens is 2. The predicted octanol–water partition coefficient (Wildman–Crippen LogP) is 2.04. The fourth-order valence-corrected chi connectivity index (χ4v) is 1.10. The van der Waals surface area contributed by atoms with Crippen LogP contribution in [0.2, 0.25) is 0 Å². The molecule has 0 aliphatic rings. The van der Waals surface area contributed by atoms with Crippen LogP contribution in [0.4, 0.5) is 0 Å². The van der Waals surface area contributed by atoms with Crippen molar-refractivity contribution < 1.29 is 4.79 Å². The van der Waals surface area contributed by atoms with Crippen molar-refractivity contribution in [3.05, 3.63) is 18.2 Å². The van der Waals surface area contributed by atoms with Crippen LogP contribution in [0.5, 0.6) is 0 Å². The largest absolute Gasteiger partial charge is 0.332 e. The standard InChI is InChI=1S/C12H16N2O/c1-12(2,3)7-5-6-10(15)11-13-8-9-14(11)4/h8-9H,6H2,1-4H3.